The number of thiazole rings is 1. The Labute approximate surface area is 126 Å². The molecule has 3 aromatic rings. The number of halogens is 1. The molecule has 1 aliphatic heterocycles. The van der Waals surface area contributed by atoms with E-state index in [2.05, 4.69) is 33.6 Å². The summed E-state index contributed by atoms with van der Waals surface area (Å²) in [5.74, 6) is 1.53. The maximum Gasteiger partial charge on any atom is 0.195 e. The van der Waals surface area contributed by atoms with Gasteiger partial charge in [0.15, 0.2) is 10.8 Å². The highest BCUT2D eigenvalue weighted by Crippen LogP contribution is 2.30. The van der Waals surface area contributed by atoms with Gasteiger partial charge in [-0.3, -0.25) is 4.40 Å². The zero-order valence-corrected chi connectivity index (χ0v) is 12.5. The van der Waals surface area contributed by atoms with Gasteiger partial charge in [-0.15, -0.1) is 22.9 Å². The maximum absolute atomic E-state index is 6.15. The fraction of sp³-hybridized carbons (Fsp3) is 0.267. The molecule has 0 spiro atoms. The van der Waals surface area contributed by atoms with Crippen LogP contribution in [0.1, 0.15) is 16.8 Å². The lowest BCUT2D eigenvalue weighted by Crippen LogP contribution is -2.31. The number of imidazole rings is 1. The Morgan fingerprint density at radius 1 is 1.25 bits per heavy atom. The van der Waals surface area contributed by atoms with E-state index < -0.39 is 0 Å². The largest absolute Gasteiger partial charge is 0.350 e. The van der Waals surface area contributed by atoms with Crippen molar-refractivity contribution in [3.8, 4) is 0 Å². The highest BCUT2D eigenvalue weighted by Gasteiger charge is 2.22. The highest BCUT2D eigenvalue weighted by molar-refractivity contribution is 7.15. The summed E-state index contributed by atoms with van der Waals surface area (Å²) < 4.78 is 2.10. The normalized spacial score (nSPS) is 14.8. The van der Waals surface area contributed by atoms with Crippen molar-refractivity contribution in [2.75, 3.05) is 11.4 Å². The van der Waals surface area contributed by atoms with Gasteiger partial charge < -0.3 is 4.90 Å². The predicted octanol–water partition coefficient (Wildman–Crippen LogP) is 3.70. The monoisotopic (exact) mass is 303 g/mol. The second kappa shape index (κ2) is 4.79. The molecule has 3 heterocycles. The minimum absolute atomic E-state index is 0.491. The smallest absolute Gasteiger partial charge is 0.195 e. The van der Waals surface area contributed by atoms with Gasteiger partial charge in [0.05, 0.1) is 11.6 Å². The maximum atomic E-state index is 6.15. The first-order valence-corrected chi connectivity index (χ1v) is 8.10. The van der Waals surface area contributed by atoms with E-state index in [1.807, 2.05) is 11.6 Å². The Hall–Kier alpha value is -1.52. The predicted molar refractivity (Wildman–Crippen MR) is 83.8 cm³/mol. The van der Waals surface area contributed by atoms with Gasteiger partial charge in [-0.1, -0.05) is 24.3 Å². The van der Waals surface area contributed by atoms with Crippen LogP contribution in [-0.2, 0) is 18.8 Å². The van der Waals surface area contributed by atoms with Gasteiger partial charge in [-0.25, -0.2) is 4.98 Å². The minimum atomic E-state index is 0.491. The topological polar surface area (TPSA) is 20.5 Å². The van der Waals surface area contributed by atoms with Crippen LogP contribution in [0, 0.1) is 0 Å². The molecule has 0 aliphatic carbocycles. The summed E-state index contributed by atoms with van der Waals surface area (Å²) in [6.45, 7) is 1.93. The van der Waals surface area contributed by atoms with Crippen molar-refractivity contribution in [1.29, 1.82) is 0 Å². The number of rotatable bonds is 2. The number of hydrogen-bond acceptors (Lipinski definition) is 3. The van der Waals surface area contributed by atoms with Crippen molar-refractivity contribution in [3.63, 3.8) is 0 Å². The zero-order valence-electron chi connectivity index (χ0n) is 10.9. The highest BCUT2D eigenvalue weighted by atomic mass is 35.5. The Balaban J connectivity index is 1.75. The van der Waals surface area contributed by atoms with Crippen LogP contribution in [0.2, 0.25) is 0 Å². The Morgan fingerprint density at radius 2 is 2.10 bits per heavy atom. The van der Waals surface area contributed by atoms with Crippen LogP contribution in [0.15, 0.2) is 35.8 Å². The number of hydrogen-bond donors (Lipinski definition) is 0. The molecule has 0 radical (unpaired) electrons. The molecule has 0 fully saturated rings. The van der Waals surface area contributed by atoms with E-state index in [4.69, 9.17) is 16.6 Å². The number of aromatic nitrogens is 2. The summed E-state index contributed by atoms with van der Waals surface area (Å²) in [5.41, 5.74) is 3.95. The third kappa shape index (κ3) is 1.83. The van der Waals surface area contributed by atoms with Crippen LogP contribution in [0.3, 0.4) is 0 Å². The van der Waals surface area contributed by atoms with Crippen LogP contribution in [0.25, 0.3) is 4.96 Å². The van der Waals surface area contributed by atoms with Crippen molar-refractivity contribution in [2.24, 2.45) is 0 Å². The molecule has 5 heteroatoms. The van der Waals surface area contributed by atoms with Crippen LogP contribution >= 0.6 is 22.9 Å². The van der Waals surface area contributed by atoms with Crippen LogP contribution in [0.5, 0.6) is 0 Å². The first-order valence-electron chi connectivity index (χ1n) is 6.69. The molecule has 3 nitrogen and oxygen atoms in total. The molecule has 0 amide bonds. The summed E-state index contributed by atoms with van der Waals surface area (Å²) in [7, 11) is 0. The summed E-state index contributed by atoms with van der Waals surface area (Å²) in [6, 6.07) is 8.66. The standard InChI is InChI=1S/C15H14ClN3S/c16-9-13-14(17-15-19(13)7-8-20-15)18-6-5-11-3-1-2-4-12(11)10-18/h1-4,7-8H,5-6,9-10H2. The second-order valence-electron chi connectivity index (χ2n) is 5.01. The van der Waals surface area contributed by atoms with E-state index in [1.54, 1.807) is 11.3 Å². The Morgan fingerprint density at radius 3 is 2.95 bits per heavy atom. The summed E-state index contributed by atoms with van der Waals surface area (Å²) in [6.07, 6.45) is 3.12. The number of anilines is 1. The SMILES string of the molecule is ClCc1c(N2CCc3ccccc3C2)nc2sccn12. The van der Waals surface area contributed by atoms with Gasteiger partial charge in [0.25, 0.3) is 0 Å². The average molecular weight is 304 g/mol. The molecule has 1 aliphatic rings. The van der Waals surface area contributed by atoms with Crippen molar-refractivity contribution < 1.29 is 0 Å². The number of benzene rings is 1. The van der Waals surface area contributed by atoms with Crippen molar-refractivity contribution in [3.05, 3.63) is 52.7 Å². The fourth-order valence-corrected chi connectivity index (χ4v) is 3.85. The summed E-state index contributed by atoms with van der Waals surface area (Å²) >= 11 is 7.80. The molecule has 2 aromatic heterocycles. The first kappa shape index (κ1) is 12.2. The minimum Gasteiger partial charge on any atom is -0.350 e. The second-order valence-corrected chi connectivity index (χ2v) is 6.15. The van der Waals surface area contributed by atoms with E-state index in [9.17, 15) is 0 Å². The molecule has 0 unspecified atom stereocenters. The zero-order chi connectivity index (χ0) is 13.5. The van der Waals surface area contributed by atoms with Gasteiger partial charge in [0, 0.05) is 24.7 Å². The molecule has 102 valence electrons. The molecule has 0 saturated carbocycles. The van der Waals surface area contributed by atoms with E-state index in [0.29, 0.717) is 5.88 Å². The molecule has 0 N–H and O–H groups in total. The third-order valence-corrected chi connectivity index (χ3v) is 4.91. The number of nitrogens with zero attached hydrogens (tertiary/aromatic N) is 3. The molecule has 20 heavy (non-hydrogen) atoms. The summed E-state index contributed by atoms with van der Waals surface area (Å²) in [4.78, 5) is 8.13. The quantitative estimate of drug-likeness (QED) is 0.673. The molecule has 0 bridgehead atoms. The first-order chi connectivity index (χ1) is 9.86. The van der Waals surface area contributed by atoms with Crippen molar-refractivity contribution in [1.82, 2.24) is 9.38 Å². The van der Waals surface area contributed by atoms with Crippen LogP contribution in [0.4, 0.5) is 5.82 Å². The summed E-state index contributed by atoms with van der Waals surface area (Å²) in [5, 5.41) is 2.05. The van der Waals surface area contributed by atoms with E-state index in [-0.39, 0.29) is 0 Å². The molecular formula is C15H14ClN3S. The fourth-order valence-electron chi connectivity index (χ4n) is 2.88. The lowest BCUT2D eigenvalue weighted by atomic mass is 10.00. The van der Waals surface area contributed by atoms with Crippen molar-refractivity contribution in [2.45, 2.75) is 18.8 Å². The molecule has 0 saturated heterocycles. The lowest BCUT2D eigenvalue weighted by Gasteiger charge is -2.29. The van der Waals surface area contributed by atoms with Gasteiger partial charge in [0.2, 0.25) is 0 Å². The molecule has 4 rings (SSSR count). The van der Waals surface area contributed by atoms with E-state index in [1.165, 1.54) is 11.1 Å². The molecule has 1 aromatic carbocycles. The number of alkyl halides is 1. The molecular weight excluding hydrogens is 290 g/mol. The Bertz CT molecular complexity index is 761. The van der Waals surface area contributed by atoms with Crippen LogP contribution < -0.4 is 4.90 Å². The van der Waals surface area contributed by atoms with Gasteiger partial charge in [-0.05, 0) is 17.5 Å². The van der Waals surface area contributed by atoms with Crippen LogP contribution in [-0.4, -0.2) is 15.9 Å². The molecule has 0 atom stereocenters. The van der Waals surface area contributed by atoms with E-state index in [0.717, 1.165) is 36.0 Å². The third-order valence-electron chi connectivity index (χ3n) is 3.90. The lowest BCUT2D eigenvalue weighted by molar-refractivity contribution is 0.720. The van der Waals surface area contributed by atoms with Gasteiger partial charge in [0.1, 0.15) is 0 Å². The average Bonchev–Trinajstić information content (AvgIpc) is 3.07. The van der Waals surface area contributed by atoms with Gasteiger partial charge in [-0.2, -0.15) is 0 Å². The van der Waals surface area contributed by atoms with E-state index >= 15 is 0 Å². The van der Waals surface area contributed by atoms with Crippen molar-refractivity contribution >= 4 is 33.7 Å². The number of fused-ring (bicyclic) bond motifs is 2. The Kier molecular flexibility index (Phi) is 2.93. The van der Waals surface area contributed by atoms with Gasteiger partial charge >= 0.3 is 0 Å².